The first-order chi connectivity index (χ1) is 33.8. The Labute approximate surface area is 412 Å². The number of nitrogens with zero attached hydrogens (tertiary/aromatic N) is 4. The quantitative estimate of drug-likeness (QED) is 0.149. The Hall–Kier alpha value is -7.82. The minimum atomic E-state index is -0.290. The summed E-state index contributed by atoms with van der Waals surface area (Å²) in [7, 11) is 0. The number of hydrogen-bond acceptors (Lipinski definition) is 4. The van der Waals surface area contributed by atoms with Gasteiger partial charge in [0, 0.05) is 22.5 Å². The average Bonchev–Trinajstić information content (AvgIpc) is 3.70. The molecule has 12 rings (SSSR count). The molecule has 0 aliphatic carbocycles. The zero-order valence-corrected chi connectivity index (χ0v) is 41.4. The van der Waals surface area contributed by atoms with Crippen LogP contribution in [0, 0.1) is 0 Å². The monoisotopic (exact) mass is 906 g/mol. The van der Waals surface area contributed by atoms with E-state index in [-0.39, 0.29) is 22.2 Å². The van der Waals surface area contributed by atoms with Crippen molar-refractivity contribution in [2.24, 2.45) is 9.98 Å². The van der Waals surface area contributed by atoms with E-state index in [0.717, 1.165) is 34.2 Å². The second kappa shape index (κ2) is 15.9. The third-order valence-corrected chi connectivity index (χ3v) is 16.3. The second-order valence-corrected chi connectivity index (χ2v) is 21.3. The third-order valence-electron chi connectivity index (χ3n) is 16.3. The van der Waals surface area contributed by atoms with Crippen LogP contribution in [-0.4, -0.2) is 33.8 Å². The molecule has 0 amide bonds. The smallest absolute Gasteiger partial charge is 0.136 e. The van der Waals surface area contributed by atoms with Crippen LogP contribution in [0.2, 0.25) is 0 Å². The first kappa shape index (κ1) is 43.5. The van der Waals surface area contributed by atoms with Crippen molar-refractivity contribution in [2.75, 3.05) is 9.80 Å². The summed E-state index contributed by atoms with van der Waals surface area (Å²) in [6.45, 7) is 18.2. The number of rotatable bonds is 7. The molecule has 342 valence electrons. The molecule has 0 aromatic heterocycles. The molecular formula is C66H58N4. The van der Waals surface area contributed by atoms with Crippen molar-refractivity contribution in [2.45, 2.75) is 77.5 Å². The first-order valence-corrected chi connectivity index (χ1v) is 24.8. The van der Waals surface area contributed by atoms with Crippen LogP contribution in [0.15, 0.2) is 216 Å². The van der Waals surface area contributed by atoms with Gasteiger partial charge in [-0.3, -0.25) is 9.98 Å². The topological polar surface area (TPSA) is 31.2 Å². The van der Waals surface area contributed by atoms with E-state index in [2.05, 4.69) is 271 Å². The lowest BCUT2D eigenvalue weighted by Gasteiger charge is -2.41. The van der Waals surface area contributed by atoms with Gasteiger partial charge in [-0.05, 0) is 156 Å². The maximum atomic E-state index is 5.40. The Morgan fingerprint density at radius 3 is 0.757 bits per heavy atom. The molecule has 10 aromatic carbocycles. The van der Waals surface area contributed by atoms with Crippen LogP contribution in [0.3, 0.4) is 0 Å². The molecule has 0 unspecified atom stereocenters. The zero-order chi connectivity index (χ0) is 48.2. The van der Waals surface area contributed by atoms with E-state index in [1.165, 1.54) is 76.5 Å². The SMILES string of the molecule is CC1(C)N=C(c2ccc(-c3c4ccccc4c(-c4c5ccccc5c(-c5ccc(C6=NC(C)(C)C(C)(C)N6c6ccccc6)cc5)c5ccccc45)c4ccccc34)cc2)N(c2ccccc2)C1(C)C. The van der Waals surface area contributed by atoms with E-state index in [4.69, 9.17) is 9.98 Å². The van der Waals surface area contributed by atoms with Crippen molar-refractivity contribution in [3.8, 4) is 33.4 Å². The van der Waals surface area contributed by atoms with E-state index in [0.29, 0.717) is 0 Å². The standard InChI is InChI=1S/C66H58N4/c1-63(2)65(5,6)69(47-23-11-9-12-24-47)61(67-63)45-39-35-43(36-40-45)57-49-27-15-19-31-53(49)59(54-32-20-16-28-50(54)57)60-55-33-21-17-29-51(55)58(52-30-18-22-34-56(52)60)44-37-41-46(42-38-44)62-68-64(3,4)66(7,8)70(62)48-25-13-10-14-26-48/h9-42H,1-8H3. The molecule has 2 aliphatic rings. The number of hydrogen-bond donors (Lipinski definition) is 0. The minimum Gasteiger partial charge on any atom is -0.318 e. The molecule has 10 aromatic rings. The summed E-state index contributed by atoms with van der Waals surface area (Å²) in [5.41, 5.74) is 10.8. The number of amidine groups is 2. The van der Waals surface area contributed by atoms with Crippen LogP contribution in [0.4, 0.5) is 11.4 Å². The van der Waals surface area contributed by atoms with Crippen molar-refractivity contribution < 1.29 is 0 Å². The van der Waals surface area contributed by atoms with E-state index in [1.807, 2.05) is 0 Å². The average molecular weight is 907 g/mol. The molecule has 0 saturated heterocycles. The Bertz CT molecular complexity index is 3380. The normalized spacial score (nSPS) is 16.9. The lowest BCUT2D eigenvalue weighted by molar-refractivity contribution is 0.338. The highest BCUT2D eigenvalue weighted by Gasteiger charge is 2.51. The van der Waals surface area contributed by atoms with Gasteiger partial charge in [0.15, 0.2) is 0 Å². The summed E-state index contributed by atoms with van der Waals surface area (Å²) < 4.78 is 0. The number of para-hydroxylation sites is 2. The van der Waals surface area contributed by atoms with Crippen molar-refractivity contribution >= 4 is 66.1 Å². The summed E-state index contributed by atoms with van der Waals surface area (Å²) in [5.74, 6) is 2.00. The van der Waals surface area contributed by atoms with Crippen molar-refractivity contribution in [3.63, 3.8) is 0 Å². The van der Waals surface area contributed by atoms with Gasteiger partial charge in [-0.2, -0.15) is 0 Å². The highest BCUT2D eigenvalue weighted by molar-refractivity contribution is 6.30. The summed E-state index contributed by atoms with van der Waals surface area (Å²) in [6.07, 6.45) is 0. The van der Waals surface area contributed by atoms with Gasteiger partial charge >= 0.3 is 0 Å². The van der Waals surface area contributed by atoms with Crippen LogP contribution in [0.5, 0.6) is 0 Å². The summed E-state index contributed by atoms with van der Waals surface area (Å²) in [4.78, 5) is 15.6. The van der Waals surface area contributed by atoms with Gasteiger partial charge in [0.2, 0.25) is 0 Å². The highest BCUT2D eigenvalue weighted by Crippen LogP contribution is 2.51. The van der Waals surface area contributed by atoms with Crippen molar-refractivity contribution in [3.05, 3.63) is 217 Å². The third kappa shape index (κ3) is 6.49. The van der Waals surface area contributed by atoms with Crippen LogP contribution in [0.1, 0.15) is 66.5 Å². The van der Waals surface area contributed by atoms with Gasteiger partial charge in [-0.25, -0.2) is 0 Å². The van der Waals surface area contributed by atoms with Crippen LogP contribution >= 0.6 is 0 Å². The van der Waals surface area contributed by atoms with Gasteiger partial charge in [-0.1, -0.05) is 182 Å². The summed E-state index contributed by atoms with van der Waals surface area (Å²) >= 11 is 0. The van der Waals surface area contributed by atoms with Crippen molar-refractivity contribution in [1.82, 2.24) is 0 Å². The largest absolute Gasteiger partial charge is 0.318 e. The molecule has 70 heavy (non-hydrogen) atoms. The Kier molecular flexibility index (Phi) is 9.85. The van der Waals surface area contributed by atoms with Crippen molar-refractivity contribution in [1.29, 1.82) is 0 Å². The maximum Gasteiger partial charge on any atom is 0.136 e. The highest BCUT2D eigenvalue weighted by atomic mass is 15.3. The van der Waals surface area contributed by atoms with E-state index in [9.17, 15) is 0 Å². The van der Waals surface area contributed by atoms with Crippen LogP contribution in [0.25, 0.3) is 76.5 Å². The van der Waals surface area contributed by atoms with E-state index in [1.54, 1.807) is 0 Å². The van der Waals surface area contributed by atoms with Gasteiger partial charge in [0.1, 0.15) is 11.7 Å². The number of fused-ring (bicyclic) bond motifs is 4. The summed E-state index contributed by atoms with van der Waals surface area (Å²) in [5, 5.41) is 9.86. The molecule has 4 heteroatoms. The predicted octanol–water partition coefficient (Wildman–Crippen LogP) is 16.9. The Morgan fingerprint density at radius 1 is 0.257 bits per heavy atom. The zero-order valence-electron chi connectivity index (χ0n) is 41.4. The number of anilines is 2. The molecular weight excluding hydrogens is 849 g/mol. The van der Waals surface area contributed by atoms with E-state index < -0.39 is 0 Å². The maximum absolute atomic E-state index is 5.40. The van der Waals surface area contributed by atoms with Gasteiger partial charge in [0.25, 0.3) is 0 Å². The fourth-order valence-electron chi connectivity index (χ4n) is 11.4. The molecule has 4 nitrogen and oxygen atoms in total. The lowest BCUT2D eigenvalue weighted by atomic mass is 9.81. The number of aliphatic imine (C=N–C) groups is 2. The van der Waals surface area contributed by atoms with Crippen LogP contribution < -0.4 is 9.80 Å². The summed E-state index contributed by atoms with van der Waals surface area (Å²) in [6, 6.07) is 75.8. The Balaban J connectivity index is 1.01. The van der Waals surface area contributed by atoms with Gasteiger partial charge in [0.05, 0.1) is 22.2 Å². The second-order valence-electron chi connectivity index (χ2n) is 21.3. The molecule has 2 heterocycles. The molecule has 0 bridgehead atoms. The van der Waals surface area contributed by atoms with Gasteiger partial charge in [-0.15, -0.1) is 0 Å². The molecule has 2 aliphatic heterocycles. The molecule has 0 spiro atoms. The molecule has 0 N–H and O–H groups in total. The predicted molar refractivity (Wildman–Crippen MR) is 300 cm³/mol. The van der Waals surface area contributed by atoms with E-state index >= 15 is 0 Å². The molecule has 0 atom stereocenters. The van der Waals surface area contributed by atoms with Gasteiger partial charge < -0.3 is 9.80 Å². The lowest BCUT2D eigenvalue weighted by Crippen LogP contribution is -2.53. The van der Waals surface area contributed by atoms with Crippen LogP contribution in [-0.2, 0) is 0 Å². The number of benzene rings is 10. The molecule has 0 saturated carbocycles. The first-order valence-electron chi connectivity index (χ1n) is 24.8. The Morgan fingerprint density at radius 2 is 0.486 bits per heavy atom. The molecule has 0 radical (unpaired) electrons. The fourth-order valence-corrected chi connectivity index (χ4v) is 11.4. The molecule has 0 fully saturated rings. The fraction of sp³-hybridized carbons (Fsp3) is 0.182. The minimum absolute atomic E-state index is 0.229.